The Bertz CT molecular complexity index is 848. The van der Waals surface area contributed by atoms with Gasteiger partial charge in [-0.1, -0.05) is 23.7 Å². The van der Waals surface area contributed by atoms with Crippen molar-refractivity contribution in [3.63, 3.8) is 0 Å². The first-order valence-corrected chi connectivity index (χ1v) is 7.63. The van der Waals surface area contributed by atoms with E-state index < -0.39 is 11.9 Å². The van der Waals surface area contributed by atoms with E-state index in [1.54, 1.807) is 13.0 Å². The number of hydrogen-bond donors (Lipinski definition) is 1. The largest absolute Gasteiger partial charge is 0.482 e. The van der Waals surface area contributed by atoms with Crippen LogP contribution in [0.2, 0.25) is 5.02 Å². The van der Waals surface area contributed by atoms with E-state index >= 15 is 0 Å². The second-order valence-electron chi connectivity index (χ2n) is 5.17. The number of rotatable bonds is 5. The van der Waals surface area contributed by atoms with Crippen molar-refractivity contribution < 1.29 is 18.3 Å². The summed E-state index contributed by atoms with van der Waals surface area (Å²) in [6.45, 7) is 1.50. The van der Waals surface area contributed by atoms with Crippen molar-refractivity contribution in [2.75, 3.05) is 6.61 Å². The van der Waals surface area contributed by atoms with E-state index in [0.29, 0.717) is 11.5 Å². The zero-order chi connectivity index (χ0) is 17.1. The fraction of sp³-hybridized carbons (Fsp3) is 0.176. The van der Waals surface area contributed by atoms with Gasteiger partial charge >= 0.3 is 0 Å². The van der Waals surface area contributed by atoms with Crippen LogP contribution in [0.1, 0.15) is 18.9 Å². The van der Waals surface area contributed by atoms with Gasteiger partial charge in [0.1, 0.15) is 23.1 Å². The molecule has 1 unspecified atom stereocenters. The number of para-hydroxylation sites is 2. The van der Waals surface area contributed by atoms with Gasteiger partial charge in [0.15, 0.2) is 12.2 Å². The molecule has 124 valence electrons. The second-order valence-corrected chi connectivity index (χ2v) is 5.58. The highest BCUT2D eigenvalue weighted by atomic mass is 35.5. The number of benzene rings is 2. The summed E-state index contributed by atoms with van der Waals surface area (Å²) in [6.07, 6.45) is 0. The number of nitrogens with zero attached hydrogens (tertiary/aromatic N) is 1. The number of fused-ring (bicyclic) bond motifs is 1. The highest BCUT2D eigenvalue weighted by molar-refractivity contribution is 6.32. The van der Waals surface area contributed by atoms with Crippen LogP contribution in [-0.4, -0.2) is 17.5 Å². The molecule has 0 saturated heterocycles. The first-order chi connectivity index (χ1) is 11.5. The molecule has 1 atom stereocenters. The lowest BCUT2D eigenvalue weighted by molar-refractivity contribution is -0.123. The maximum Gasteiger partial charge on any atom is 0.258 e. The van der Waals surface area contributed by atoms with Gasteiger partial charge < -0.3 is 14.5 Å². The summed E-state index contributed by atoms with van der Waals surface area (Å²) in [5.41, 5.74) is 1.38. The summed E-state index contributed by atoms with van der Waals surface area (Å²) < 4.78 is 23.8. The lowest BCUT2D eigenvalue weighted by atomic mass is 10.3. The third-order valence-electron chi connectivity index (χ3n) is 3.31. The maximum atomic E-state index is 13.0. The summed E-state index contributed by atoms with van der Waals surface area (Å²) in [4.78, 5) is 16.3. The summed E-state index contributed by atoms with van der Waals surface area (Å²) >= 11 is 5.84. The third kappa shape index (κ3) is 3.65. The minimum absolute atomic E-state index is 0.106. The van der Waals surface area contributed by atoms with Crippen LogP contribution >= 0.6 is 11.6 Å². The zero-order valence-corrected chi connectivity index (χ0v) is 13.5. The van der Waals surface area contributed by atoms with Crippen LogP contribution in [0.25, 0.3) is 11.1 Å². The van der Waals surface area contributed by atoms with Gasteiger partial charge in [-0.3, -0.25) is 4.79 Å². The van der Waals surface area contributed by atoms with Crippen LogP contribution in [0.15, 0.2) is 46.9 Å². The maximum absolute atomic E-state index is 13.0. The number of ether oxygens (including phenoxy) is 1. The molecule has 1 amide bonds. The summed E-state index contributed by atoms with van der Waals surface area (Å²) in [6, 6.07) is 10.6. The first-order valence-electron chi connectivity index (χ1n) is 7.25. The van der Waals surface area contributed by atoms with Gasteiger partial charge in [0.2, 0.25) is 5.89 Å². The number of aromatic nitrogens is 1. The number of hydrogen-bond acceptors (Lipinski definition) is 4. The van der Waals surface area contributed by atoms with E-state index in [1.165, 1.54) is 12.1 Å². The number of oxazole rings is 1. The van der Waals surface area contributed by atoms with Crippen molar-refractivity contribution in [3.05, 3.63) is 59.2 Å². The molecule has 7 heteroatoms. The Morgan fingerprint density at radius 1 is 1.38 bits per heavy atom. The quantitative estimate of drug-likeness (QED) is 0.760. The molecule has 3 aromatic rings. The monoisotopic (exact) mass is 348 g/mol. The number of amides is 1. The highest BCUT2D eigenvalue weighted by Crippen LogP contribution is 2.25. The molecule has 0 radical (unpaired) electrons. The Labute approximate surface area is 142 Å². The minimum atomic E-state index is -0.471. The molecule has 0 spiro atoms. The van der Waals surface area contributed by atoms with E-state index in [4.69, 9.17) is 20.8 Å². The molecule has 1 N–H and O–H groups in total. The van der Waals surface area contributed by atoms with Crippen molar-refractivity contribution >= 4 is 28.6 Å². The highest BCUT2D eigenvalue weighted by Gasteiger charge is 2.16. The normalized spacial score (nSPS) is 12.1. The van der Waals surface area contributed by atoms with Crippen LogP contribution in [-0.2, 0) is 4.79 Å². The second kappa shape index (κ2) is 6.88. The molecule has 24 heavy (non-hydrogen) atoms. The van der Waals surface area contributed by atoms with Crippen molar-refractivity contribution in [2.24, 2.45) is 0 Å². The van der Waals surface area contributed by atoms with Gasteiger partial charge in [-0.05, 0) is 37.3 Å². The van der Waals surface area contributed by atoms with Crippen LogP contribution in [0.4, 0.5) is 4.39 Å². The standard InChI is InChI=1S/C17H14ClFN2O3/c1-10(17-21-13-4-2-3-5-15(13)24-17)20-16(22)9-23-14-7-6-11(19)8-12(14)18/h2-8,10H,9H2,1H3,(H,20,22). The smallest absolute Gasteiger partial charge is 0.258 e. The number of nitrogens with one attached hydrogen (secondary N) is 1. The lowest BCUT2D eigenvalue weighted by Gasteiger charge is -2.12. The summed E-state index contributed by atoms with van der Waals surface area (Å²) in [5.74, 6) is -0.196. The Morgan fingerprint density at radius 3 is 2.92 bits per heavy atom. The third-order valence-corrected chi connectivity index (χ3v) is 3.61. The molecule has 3 rings (SSSR count). The van der Waals surface area contributed by atoms with Crippen LogP contribution in [0.5, 0.6) is 5.75 Å². The fourth-order valence-electron chi connectivity index (χ4n) is 2.16. The average molecular weight is 349 g/mol. The van der Waals surface area contributed by atoms with E-state index in [0.717, 1.165) is 11.6 Å². The lowest BCUT2D eigenvalue weighted by Crippen LogP contribution is -2.31. The molecule has 0 bridgehead atoms. The van der Waals surface area contributed by atoms with Crippen molar-refractivity contribution in [1.82, 2.24) is 10.3 Å². The molecule has 1 heterocycles. The molecule has 2 aromatic carbocycles. The SMILES string of the molecule is CC(NC(=O)COc1ccc(F)cc1Cl)c1nc2ccccc2o1. The molecule has 0 saturated carbocycles. The zero-order valence-electron chi connectivity index (χ0n) is 12.8. The van der Waals surface area contributed by atoms with Gasteiger partial charge in [0.05, 0.1) is 5.02 Å². The van der Waals surface area contributed by atoms with Gasteiger partial charge in [0.25, 0.3) is 5.91 Å². The Hall–Kier alpha value is -2.60. The Kier molecular flexibility index (Phi) is 4.66. The predicted octanol–water partition coefficient (Wildman–Crippen LogP) is 3.88. The molecule has 5 nitrogen and oxygen atoms in total. The van der Waals surface area contributed by atoms with Crippen LogP contribution in [0.3, 0.4) is 0 Å². The molecule has 0 aliphatic heterocycles. The van der Waals surface area contributed by atoms with Gasteiger partial charge in [-0.15, -0.1) is 0 Å². The molecule has 0 fully saturated rings. The molecular formula is C17H14ClFN2O3. The molecular weight excluding hydrogens is 335 g/mol. The van der Waals surface area contributed by atoms with Crippen LogP contribution in [0, 0.1) is 5.82 Å². The minimum Gasteiger partial charge on any atom is -0.482 e. The van der Waals surface area contributed by atoms with Crippen LogP contribution < -0.4 is 10.1 Å². The number of carbonyl (C=O) groups excluding carboxylic acids is 1. The average Bonchev–Trinajstić information content (AvgIpc) is 2.98. The Balaban J connectivity index is 1.59. The summed E-state index contributed by atoms with van der Waals surface area (Å²) in [5, 5.41) is 2.83. The van der Waals surface area contributed by atoms with Gasteiger partial charge in [-0.25, -0.2) is 9.37 Å². The molecule has 0 aliphatic rings. The summed E-state index contributed by atoms with van der Waals surface area (Å²) in [7, 11) is 0. The number of carbonyl (C=O) groups is 1. The topological polar surface area (TPSA) is 64.4 Å². The molecule has 1 aromatic heterocycles. The Morgan fingerprint density at radius 2 is 2.17 bits per heavy atom. The van der Waals surface area contributed by atoms with Crippen molar-refractivity contribution in [2.45, 2.75) is 13.0 Å². The number of halogens is 2. The van der Waals surface area contributed by atoms with E-state index in [-0.39, 0.29) is 23.3 Å². The first kappa shape index (κ1) is 16.3. The molecule has 0 aliphatic carbocycles. The van der Waals surface area contributed by atoms with Gasteiger partial charge in [0, 0.05) is 0 Å². The van der Waals surface area contributed by atoms with Crippen molar-refractivity contribution in [1.29, 1.82) is 0 Å². The van der Waals surface area contributed by atoms with E-state index in [1.807, 2.05) is 18.2 Å². The van der Waals surface area contributed by atoms with Crippen molar-refractivity contribution in [3.8, 4) is 5.75 Å². The fourth-order valence-corrected chi connectivity index (χ4v) is 2.38. The van der Waals surface area contributed by atoms with Gasteiger partial charge in [-0.2, -0.15) is 0 Å². The van der Waals surface area contributed by atoms with E-state index in [9.17, 15) is 9.18 Å². The predicted molar refractivity (Wildman–Crippen MR) is 87.5 cm³/mol. The van der Waals surface area contributed by atoms with E-state index in [2.05, 4.69) is 10.3 Å².